The molecule has 3 aromatic rings. The number of nitrogen functional groups attached to an aromatic ring is 1. The third-order valence-corrected chi connectivity index (χ3v) is 7.03. The smallest absolute Gasteiger partial charge is 0.320 e. The maximum Gasteiger partial charge on any atom is 0.320 e. The summed E-state index contributed by atoms with van der Waals surface area (Å²) < 4.78 is 0. The van der Waals surface area contributed by atoms with Gasteiger partial charge in [-0.05, 0) is 18.2 Å². The Labute approximate surface area is 202 Å². The van der Waals surface area contributed by atoms with E-state index in [4.69, 9.17) is 5.73 Å². The zero-order valence-electron chi connectivity index (χ0n) is 17.8. The van der Waals surface area contributed by atoms with Gasteiger partial charge in [0.2, 0.25) is 0 Å². The number of anilines is 3. The fourth-order valence-electron chi connectivity index (χ4n) is 3.29. The van der Waals surface area contributed by atoms with Crippen LogP contribution in [0.15, 0.2) is 41.3 Å². The molecular weight excluding hydrogens is 480 g/mol. The van der Waals surface area contributed by atoms with Crippen LogP contribution in [0.2, 0.25) is 0 Å². The van der Waals surface area contributed by atoms with E-state index in [0.29, 0.717) is 26.4 Å². The first-order valence-electron chi connectivity index (χ1n) is 10.1. The first-order valence-corrected chi connectivity index (χ1v) is 11.8. The van der Waals surface area contributed by atoms with Gasteiger partial charge in [0.25, 0.3) is 5.91 Å². The predicted molar refractivity (Wildman–Crippen MR) is 130 cm³/mol. The van der Waals surface area contributed by atoms with Crippen LogP contribution >= 0.6 is 22.7 Å². The van der Waals surface area contributed by atoms with Crippen molar-refractivity contribution < 1.29 is 24.9 Å². The van der Waals surface area contributed by atoms with Crippen molar-refractivity contribution in [1.29, 1.82) is 0 Å². The van der Waals surface area contributed by atoms with E-state index in [2.05, 4.69) is 25.9 Å². The number of aliphatic hydroxyl groups excluding tert-OH is 3. The Kier molecular flexibility index (Phi) is 6.90. The molecule has 34 heavy (non-hydrogen) atoms. The number of carbonyl (C=O) groups is 2. The molecule has 0 spiro atoms. The van der Waals surface area contributed by atoms with Gasteiger partial charge in [-0.15, -0.1) is 11.3 Å². The number of nitrogens with two attached hydrogens (primary N) is 1. The fraction of sp³-hybridized carbons (Fsp3) is 0.238. The lowest BCUT2D eigenvalue weighted by Crippen LogP contribution is -2.41. The standard InChI is InChI=1S/C21H22N6O5S2/c1-23-20(32)27-21-26-17(22)16(34-21)19-25-12(8-33-19)9-3-2-4-11(5-9)24-18(31)10-6-13(28)15(30)14(29)7-10/h2-6,8,13-15,28-30H,7,22H2,1H3,(H,24,31)(H2,23,26,27,32)/t13-,14-,15-/m0/s1. The highest BCUT2D eigenvalue weighted by molar-refractivity contribution is 7.23. The molecule has 0 bridgehead atoms. The molecule has 1 aromatic carbocycles. The third kappa shape index (κ3) is 5.08. The van der Waals surface area contributed by atoms with Gasteiger partial charge in [-0.3, -0.25) is 10.1 Å². The molecule has 0 saturated heterocycles. The van der Waals surface area contributed by atoms with Gasteiger partial charge in [-0.2, -0.15) is 0 Å². The third-order valence-electron chi connectivity index (χ3n) is 5.05. The highest BCUT2D eigenvalue weighted by atomic mass is 32.1. The molecule has 4 rings (SSSR count). The fourth-order valence-corrected chi connectivity index (χ4v) is 5.10. The van der Waals surface area contributed by atoms with Gasteiger partial charge >= 0.3 is 6.03 Å². The molecule has 1 aliphatic rings. The van der Waals surface area contributed by atoms with Gasteiger partial charge in [0.05, 0.1) is 11.8 Å². The van der Waals surface area contributed by atoms with E-state index in [1.807, 2.05) is 11.4 Å². The monoisotopic (exact) mass is 502 g/mol. The van der Waals surface area contributed by atoms with Crippen LogP contribution < -0.4 is 21.7 Å². The second kappa shape index (κ2) is 9.87. The number of nitrogens with zero attached hydrogens (tertiary/aromatic N) is 2. The van der Waals surface area contributed by atoms with Crippen molar-refractivity contribution in [3.05, 3.63) is 41.3 Å². The molecule has 0 saturated carbocycles. The Morgan fingerprint density at radius 3 is 2.71 bits per heavy atom. The average molecular weight is 503 g/mol. The summed E-state index contributed by atoms with van der Waals surface area (Å²) in [7, 11) is 1.50. The number of carbonyl (C=O) groups excluding carboxylic acids is 2. The van der Waals surface area contributed by atoms with E-state index < -0.39 is 30.3 Å². The van der Waals surface area contributed by atoms with Crippen molar-refractivity contribution in [3.8, 4) is 21.1 Å². The van der Waals surface area contributed by atoms with Crippen LogP contribution in [-0.4, -0.2) is 62.6 Å². The lowest BCUT2D eigenvalue weighted by Gasteiger charge is -2.27. The van der Waals surface area contributed by atoms with Crippen LogP contribution in [0.1, 0.15) is 6.42 Å². The van der Waals surface area contributed by atoms with Gasteiger partial charge < -0.3 is 31.7 Å². The SMILES string of the molecule is CNC(=O)Nc1nc(N)c(-c2nc(-c3cccc(NC(=O)C4=C[C@H](O)[C@H](O)[C@@H](O)C4)c3)cs2)s1. The maximum absolute atomic E-state index is 12.6. The summed E-state index contributed by atoms with van der Waals surface area (Å²) in [6, 6.07) is 6.66. The van der Waals surface area contributed by atoms with Crippen molar-refractivity contribution in [2.75, 3.05) is 23.4 Å². The number of amides is 3. The van der Waals surface area contributed by atoms with Crippen molar-refractivity contribution in [2.45, 2.75) is 24.7 Å². The van der Waals surface area contributed by atoms with Gasteiger partial charge in [-0.1, -0.05) is 23.5 Å². The summed E-state index contributed by atoms with van der Waals surface area (Å²) in [5.41, 5.74) is 8.11. The first-order chi connectivity index (χ1) is 16.2. The molecule has 0 aliphatic heterocycles. The second-order valence-corrected chi connectivity index (χ2v) is 9.31. The number of nitrogens with one attached hydrogen (secondary N) is 3. The van der Waals surface area contributed by atoms with Crippen molar-refractivity contribution in [3.63, 3.8) is 0 Å². The Bertz CT molecular complexity index is 1260. The Balaban J connectivity index is 1.51. The first kappa shape index (κ1) is 23.8. The number of urea groups is 1. The number of aromatic nitrogens is 2. The minimum Gasteiger partial charge on any atom is -0.390 e. The van der Waals surface area contributed by atoms with Gasteiger partial charge in [-0.25, -0.2) is 14.8 Å². The lowest BCUT2D eigenvalue weighted by molar-refractivity contribution is -0.114. The van der Waals surface area contributed by atoms with Crippen LogP contribution in [0.25, 0.3) is 21.1 Å². The number of aliphatic hydroxyl groups is 3. The van der Waals surface area contributed by atoms with Crippen molar-refractivity contribution in [1.82, 2.24) is 15.3 Å². The molecule has 0 unspecified atom stereocenters. The Morgan fingerprint density at radius 1 is 1.18 bits per heavy atom. The number of hydrogen-bond acceptors (Lipinski definition) is 10. The summed E-state index contributed by atoms with van der Waals surface area (Å²) >= 11 is 2.58. The lowest BCUT2D eigenvalue weighted by atomic mass is 9.92. The molecule has 0 fully saturated rings. The second-order valence-electron chi connectivity index (χ2n) is 7.45. The predicted octanol–water partition coefficient (Wildman–Crippen LogP) is 1.62. The molecule has 1 aliphatic carbocycles. The Morgan fingerprint density at radius 2 is 1.97 bits per heavy atom. The van der Waals surface area contributed by atoms with Gasteiger partial charge in [0.15, 0.2) is 5.13 Å². The van der Waals surface area contributed by atoms with Crippen LogP contribution in [0.3, 0.4) is 0 Å². The minimum absolute atomic E-state index is 0.0633. The van der Waals surface area contributed by atoms with Crippen LogP contribution in [-0.2, 0) is 4.79 Å². The van der Waals surface area contributed by atoms with E-state index >= 15 is 0 Å². The molecule has 8 N–H and O–H groups in total. The van der Waals surface area contributed by atoms with E-state index in [-0.39, 0.29) is 17.8 Å². The van der Waals surface area contributed by atoms with Crippen molar-refractivity contribution >= 4 is 51.2 Å². The minimum atomic E-state index is -1.32. The normalized spacial score (nSPS) is 19.9. The summed E-state index contributed by atoms with van der Waals surface area (Å²) in [6.45, 7) is 0. The number of thiazole rings is 2. The van der Waals surface area contributed by atoms with Crippen LogP contribution in [0.5, 0.6) is 0 Å². The van der Waals surface area contributed by atoms with E-state index in [1.165, 1.54) is 35.8 Å². The quantitative estimate of drug-likeness (QED) is 0.274. The number of benzene rings is 1. The molecule has 3 atom stereocenters. The Hall–Kier alpha value is -3.36. The molecular formula is C21H22N6O5S2. The molecule has 11 nitrogen and oxygen atoms in total. The molecule has 3 amide bonds. The number of rotatable bonds is 5. The number of hydrogen-bond donors (Lipinski definition) is 7. The highest BCUT2D eigenvalue weighted by Crippen LogP contribution is 2.38. The van der Waals surface area contributed by atoms with Crippen LogP contribution in [0, 0.1) is 0 Å². The topological polar surface area (TPSA) is 183 Å². The maximum atomic E-state index is 12.6. The summed E-state index contributed by atoms with van der Waals surface area (Å²) in [5.74, 6) is -0.219. The molecule has 13 heteroatoms. The molecule has 0 radical (unpaired) electrons. The van der Waals surface area contributed by atoms with Gasteiger partial charge in [0.1, 0.15) is 27.9 Å². The molecule has 2 heterocycles. The van der Waals surface area contributed by atoms with E-state index in [0.717, 1.165) is 5.56 Å². The molecule has 178 valence electrons. The van der Waals surface area contributed by atoms with E-state index in [9.17, 15) is 24.9 Å². The zero-order chi connectivity index (χ0) is 24.4. The summed E-state index contributed by atoms with van der Waals surface area (Å²) in [6.07, 6.45) is -2.66. The summed E-state index contributed by atoms with van der Waals surface area (Å²) in [5, 5.41) is 39.9. The van der Waals surface area contributed by atoms with Crippen LogP contribution in [0.4, 0.5) is 21.4 Å². The molecule has 2 aromatic heterocycles. The summed E-state index contributed by atoms with van der Waals surface area (Å²) in [4.78, 5) is 33.5. The zero-order valence-corrected chi connectivity index (χ0v) is 19.5. The largest absolute Gasteiger partial charge is 0.390 e. The van der Waals surface area contributed by atoms with E-state index in [1.54, 1.807) is 18.2 Å². The average Bonchev–Trinajstić information content (AvgIpc) is 3.43. The van der Waals surface area contributed by atoms with Gasteiger partial charge in [0, 0.05) is 35.7 Å². The van der Waals surface area contributed by atoms with Crippen molar-refractivity contribution in [2.24, 2.45) is 0 Å². The highest BCUT2D eigenvalue weighted by Gasteiger charge is 2.31.